The molecule has 0 aromatic heterocycles. The van der Waals surface area contributed by atoms with Crippen molar-refractivity contribution in [2.24, 2.45) is 0 Å². The maximum Gasteiger partial charge on any atom is 0.0119 e. The average Bonchev–Trinajstić information content (AvgIpc) is 2.30. The number of piperidine rings is 1. The van der Waals surface area contributed by atoms with Crippen LogP contribution in [0.1, 0.15) is 25.7 Å². The number of nitrogens with zero attached hydrogens (tertiary/aromatic N) is 1. The summed E-state index contributed by atoms with van der Waals surface area (Å²) in [6.45, 7) is 0. The Bertz CT molecular complexity index is 141. The van der Waals surface area contributed by atoms with Crippen molar-refractivity contribution in [3.05, 3.63) is 0 Å². The first-order valence-electron chi connectivity index (χ1n) is 4.68. The topological polar surface area (TPSA) is 15.3 Å². The summed E-state index contributed by atoms with van der Waals surface area (Å²) in [6.07, 6.45) is 5.55. The van der Waals surface area contributed by atoms with E-state index in [2.05, 4.69) is 24.3 Å². The fourth-order valence-electron chi connectivity index (χ4n) is 2.45. The molecule has 2 fully saturated rings. The molecule has 0 aromatic carbocycles. The van der Waals surface area contributed by atoms with Crippen molar-refractivity contribution in [1.29, 1.82) is 0 Å². The van der Waals surface area contributed by atoms with Gasteiger partial charge in [-0.25, -0.2) is 0 Å². The van der Waals surface area contributed by atoms with E-state index in [1.807, 2.05) is 0 Å². The van der Waals surface area contributed by atoms with Crippen molar-refractivity contribution in [2.45, 2.75) is 43.8 Å². The molecule has 2 heterocycles. The average molecular weight is 227 g/mol. The summed E-state index contributed by atoms with van der Waals surface area (Å²) in [5, 5.41) is 3.65. The number of fused-ring (bicyclic) bond motifs is 2. The Labute approximate surface area is 93.3 Å². The summed E-state index contributed by atoms with van der Waals surface area (Å²) in [7, 11) is 4.41. The molecule has 0 spiro atoms. The molecule has 2 aliphatic rings. The van der Waals surface area contributed by atoms with Gasteiger partial charge in [0.15, 0.2) is 0 Å². The van der Waals surface area contributed by atoms with E-state index in [1.54, 1.807) is 0 Å². The highest BCUT2D eigenvalue weighted by molar-refractivity contribution is 5.85. The molecule has 0 aliphatic carbocycles. The minimum atomic E-state index is 0. The molecular formula is C9H20Cl2N2. The Hall–Kier alpha value is 0.500. The third-order valence-corrected chi connectivity index (χ3v) is 3.18. The first-order valence-corrected chi connectivity index (χ1v) is 4.68. The van der Waals surface area contributed by atoms with Crippen LogP contribution in [0.5, 0.6) is 0 Å². The van der Waals surface area contributed by atoms with Crippen LogP contribution < -0.4 is 5.32 Å². The summed E-state index contributed by atoms with van der Waals surface area (Å²) in [4.78, 5) is 2.38. The second kappa shape index (κ2) is 5.40. The minimum Gasteiger partial charge on any atom is -0.311 e. The Morgan fingerprint density at radius 1 is 1.00 bits per heavy atom. The summed E-state index contributed by atoms with van der Waals surface area (Å²) in [6, 6.07) is 2.51. The van der Waals surface area contributed by atoms with Crippen LogP contribution in [0, 0.1) is 0 Å². The molecule has 2 saturated heterocycles. The van der Waals surface area contributed by atoms with Crippen LogP contribution in [0.2, 0.25) is 0 Å². The van der Waals surface area contributed by atoms with Crippen molar-refractivity contribution in [3.8, 4) is 0 Å². The van der Waals surface area contributed by atoms with Gasteiger partial charge < -0.3 is 10.2 Å². The van der Waals surface area contributed by atoms with Gasteiger partial charge in [-0.2, -0.15) is 0 Å². The fourth-order valence-corrected chi connectivity index (χ4v) is 2.45. The van der Waals surface area contributed by atoms with Crippen LogP contribution in [0.15, 0.2) is 0 Å². The Morgan fingerprint density at radius 3 is 1.85 bits per heavy atom. The molecule has 0 radical (unpaired) electrons. The molecule has 2 unspecified atom stereocenters. The molecule has 4 heteroatoms. The molecule has 2 atom stereocenters. The monoisotopic (exact) mass is 226 g/mol. The van der Waals surface area contributed by atoms with Crippen molar-refractivity contribution in [2.75, 3.05) is 14.1 Å². The summed E-state index contributed by atoms with van der Waals surface area (Å²) in [5.74, 6) is 0. The molecule has 2 nitrogen and oxygen atoms in total. The maximum atomic E-state index is 3.65. The molecule has 1 N–H and O–H groups in total. The van der Waals surface area contributed by atoms with Gasteiger partial charge in [-0.15, -0.1) is 24.8 Å². The Kier molecular flexibility index (Phi) is 5.61. The van der Waals surface area contributed by atoms with Gasteiger partial charge in [0, 0.05) is 18.1 Å². The van der Waals surface area contributed by atoms with Crippen LogP contribution in [0.25, 0.3) is 0 Å². The van der Waals surface area contributed by atoms with Crippen LogP contribution in [-0.2, 0) is 0 Å². The summed E-state index contributed by atoms with van der Waals surface area (Å²) >= 11 is 0. The molecule has 2 rings (SSSR count). The van der Waals surface area contributed by atoms with Gasteiger partial charge >= 0.3 is 0 Å². The lowest BCUT2D eigenvalue weighted by atomic mass is 9.99. The fraction of sp³-hybridized carbons (Fsp3) is 1.00. The third-order valence-electron chi connectivity index (χ3n) is 3.18. The van der Waals surface area contributed by atoms with E-state index in [-0.39, 0.29) is 24.8 Å². The highest BCUT2D eigenvalue weighted by atomic mass is 35.5. The number of hydrogen-bond acceptors (Lipinski definition) is 2. The molecular weight excluding hydrogens is 207 g/mol. The molecule has 2 aliphatic heterocycles. The predicted octanol–water partition coefficient (Wildman–Crippen LogP) is 1.67. The lowest BCUT2D eigenvalue weighted by molar-refractivity contribution is 0.203. The van der Waals surface area contributed by atoms with E-state index in [0.29, 0.717) is 0 Å². The summed E-state index contributed by atoms with van der Waals surface area (Å²) in [5.41, 5.74) is 0. The molecule has 0 aromatic rings. The van der Waals surface area contributed by atoms with Gasteiger partial charge in [0.2, 0.25) is 0 Å². The first-order chi connectivity index (χ1) is 5.25. The van der Waals surface area contributed by atoms with E-state index in [0.717, 1.165) is 18.1 Å². The van der Waals surface area contributed by atoms with E-state index >= 15 is 0 Å². The number of rotatable bonds is 1. The van der Waals surface area contributed by atoms with Gasteiger partial charge in [0.05, 0.1) is 0 Å². The zero-order valence-electron chi connectivity index (χ0n) is 8.32. The zero-order chi connectivity index (χ0) is 7.84. The Balaban J connectivity index is 0.000000720. The van der Waals surface area contributed by atoms with Gasteiger partial charge in [0.25, 0.3) is 0 Å². The third kappa shape index (κ3) is 2.98. The van der Waals surface area contributed by atoms with Crippen molar-refractivity contribution < 1.29 is 0 Å². The number of hydrogen-bond donors (Lipinski definition) is 1. The molecule has 0 amide bonds. The molecule has 80 valence electrons. The second-order valence-electron chi connectivity index (χ2n) is 4.23. The molecule has 0 saturated carbocycles. The predicted molar refractivity (Wildman–Crippen MR) is 61.2 cm³/mol. The van der Waals surface area contributed by atoms with E-state index in [9.17, 15) is 0 Å². The standard InChI is InChI=1S/C9H18N2.2ClH/c1-11(2)9-5-7-3-4-8(6-9)10-7;;/h7-10H,3-6H2,1-2H3;2*1H. The van der Waals surface area contributed by atoms with E-state index in [1.165, 1.54) is 25.7 Å². The van der Waals surface area contributed by atoms with Crippen LogP contribution in [-0.4, -0.2) is 37.1 Å². The SMILES string of the molecule is CN(C)C1CC2CCC(C1)N2.Cl.Cl. The van der Waals surface area contributed by atoms with E-state index < -0.39 is 0 Å². The quantitative estimate of drug-likeness (QED) is 0.733. The number of halogens is 2. The number of nitrogens with one attached hydrogen (secondary N) is 1. The van der Waals surface area contributed by atoms with Crippen molar-refractivity contribution in [3.63, 3.8) is 0 Å². The van der Waals surface area contributed by atoms with Crippen molar-refractivity contribution in [1.82, 2.24) is 10.2 Å². The molecule has 13 heavy (non-hydrogen) atoms. The highest BCUT2D eigenvalue weighted by Crippen LogP contribution is 2.28. The lowest BCUT2D eigenvalue weighted by Crippen LogP contribution is -2.45. The summed E-state index contributed by atoms with van der Waals surface area (Å²) < 4.78 is 0. The van der Waals surface area contributed by atoms with Crippen molar-refractivity contribution >= 4 is 24.8 Å². The van der Waals surface area contributed by atoms with Crippen LogP contribution in [0.4, 0.5) is 0 Å². The van der Waals surface area contributed by atoms with Gasteiger partial charge in [-0.1, -0.05) is 0 Å². The van der Waals surface area contributed by atoms with Gasteiger partial charge in [-0.05, 0) is 39.8 Å². The van der Waals surface area contributed by atoms with Gasteiger partial charge in [-0.3, -0.25) is 0 Å². The highest BCUT2D eigenvalue weighted by Gasteiger charge is 2.33. The smallest absolute Gasteiger partial charge is 0.0119 e. The zero-order valence-corrected chi connectivity index (χ0v) is 9.96. The van der Waals surface area contributed by atoms with Crippen LogP contribution in [0.3, 0.4) is 0 Å². The second-order valence-corrected chi connectivity index (χ2v) is 4.23. The van der Waals surface area contributed by atoms with E-state index in [4.69, 9.17) is 0 Å². The normalized spacial score (nSPS) is 36.7. The van der Waals surface area contributed by atoms with Crippen LogP contribution >= 0.6 is 24.8 Å². The maximum absolute atomic E-state index is 3.65. The molecule has 2 bridgehead atoms. The first kappa shape index (κ1) is 13.5. The largest absolute Gasteiger partial charge is 0.311 e. The Morgan fingerprint density at radius 2 is 1.46 bits per heavy atom. The minimum absolute atomic E-state index is 0. The lowest BCUT2D eigenvalue weighted by Gasteiger charge is -2.33. The van der Waals surface area contributed by atoms with Gasteiger partial charge in [0.1, 0.15) is 0 Å².